The first-order chi connectivity index (χ1) is 13.0. The fraction of sp³-hybridized carbons (Fsp3) is 0.500. The summed E-state index contributed by atoms with van der Waals surface area (Å²) >= 11 is 6.18. The summed E-state index contributed by atoms with van der Waals surface area (Å²) in [6.45, 7) is 10.1. The SMILES string of the molecule is CCNC(=NCC(CC)Oc1ccccc1Cl)NCCc1c(C)noc1C.I. The number of aliphatic imine (C=N–C) groups is 1. The fourth-order valence-corrected chi connectivity index (χ4v) is 2.85. The van der Waals surface area contributed by atoms with Crippen molar-refractivity contribution in [1.82, 2.24) is 15.8 Å². The van der Waals surface area contributed by atoms with Crippen molar-refractivity contribution in [2.45, 2.75) is 46.6 Å². The van der Waals surface area contributed by atoms with Gasteiger partial charge >= 0.3 is 0 Å². The summed E-state index contributed by atoms with van der Waals surface area (Å²) in [6.07, 6.45) is 1.63. The van der Waals surface area contributed by atoms with Crippen LogP contribution >= 0.6 is 35.6 Å². The van der Waals surface area contributed by atoms with Crippen LogP contribution in [0, 0.1) is 13.8 Å². The first-order valence-corrected chi connectivity index (χ1v) is 9.78. The number of benzene rings is 1. The van der Waals surface area contributed by atoms with E-state index in [1.54, 1.807) is 0 Å². The van der Waals surface area contributed by atoms with Gasteiger partial charge in [0.25, 0.3) is 0 Å². The highest BCUT2D eigenvalue weighted by molar-refractivity contribution is 14.0. The third kappa shape index (κ3) is 7.50. The van der Waals surface area contributed by atoms with E-state index in [1.165, 1.54) is 0 Å². The molecule has 2 aromatic rings. The Bertz CT molecular complexity index is 732. The first kappa shape index (κ1) is 24.6. The summed E-state index contributed by atoms with van der Waals surface area (Å²) in [4.78, 5) is 4.66. The lowest BCUT2D eigenvalue weighted by molar-refractivity contribution is 0.206. The highest BCUT2D eigenvalue weighted by Gasteiger charge is 2.11. The minimum Gasteiger partial charge on any atom is -0.487 e. The van der Waals surface area contributed by atoms with Crippen molar-refractivity contribution in [1.29, 1.82) is 0 Å². The number of guanidine groups is 1. The van der Waals surface area contributed by atoms with Crippen LogP contribution in [0.15, 0.2) is 33.8 Å². The molecule has 1 heterocycles. The van der Waals surface area contributed by atoms with E-state index in [9.17, 15) is 0 Å². The Kier molecular flexibility index (Phi) is 11.3. The molecule has 6 nitrogen and oxygen atoms in total. The molecule has 0 saturated heterocycles. The first-order valence-electron chi connectivity index (χ1n) is 9.40. The summed E-state index contributed by atoms with van der Waals surface area (Å²) in [6, 6.07) is 7.51. The van der Waals surface area contributed by atoms with Crippen LogP contribution in [0.5, 0.6) is 5.75 Å². The van der Waals surface area contributed by atoms with Gasteiger partial charge in [-0.1, -0.05) is 35.8 Å². The molecule has 0 amide bonds. The molecule has 0 spiro atoms. The number of halogens is 2. The van der Waals surface area contributed by atoms with E-state index in [4.69, 9.17) is 20.9 Å². The zero-order valence-electron chi connectivity index (χ0n) is 16.9. The summed E-state index contributed by atoms with van der Waals surface area (Å²) in [5.41, 5.74) is 2.09. The fourth-order valence-electron chi connectivity index (χ4n) is 2.67. The zero-order valence-corrected chi connectivity index (χ0v) is 20.0. The highest BCUT2D eigenvalue weighted by Crippen LogP contribution is 2.24. The molecular formula is C20H30ClIN4O2. The number of aromatic nitrogens is 1. The average molecular weight is 521 g/mol. The van der Waals surface area contributed by atoms with Crippen LogP contribution in [-0.2, 0) is 6.42 Å². The van der Waals surface area contributed by atoms with Crippen molar-refractivity contribution in [2.24, 2.45) is 4.99 Å². The van der Waals surface area contributed by atoms with Crippen molar-refractivity contribution in [3.05, 3.63) is 46.3 Å². The second kappa shape index (κ2) is 12.9. The van der Waals surface area contributed by atoms with Gasteiger partial charge < -0.3 is 19.9 Å². The zero-order chi connectivity index (χ0) is 19.6. The topological polar surface area (TPSA) is 71.7 Å². The number of nitrogens with one attached hydrogen (secondary N) is 2. The highest BCUT2D eigenvalue weighted by atomic mass is 127. The summed E-state index contributed by atoms with van der Waals surface area (Å²) in [5.74, 6) is 2.33. The molecular weight excluding hydrogens is 491 g/mol. The third-order valence-electron chi connectivity index (χ3n) is 4.23. The van der Waals surface area contributed by atoms with Crippen LogP contribution in [0.1, 0.15) is 37.3 Å². The van der Waals surface area contributed by atoms with Gasteiger partial charge in [-0.2, -0.15) is 0 Å². The van der Waals surface area contributed by atoms with E-state index >= 15 is 0 Å². The minimum absolute atomic E-state index is 0. The molecule has 1 aromatic heterocycles. The van der Waals surface area contributed by atoms with Crippen molar-refractivity contribution >= 4 is 41.5 Å². The van der Waals surface area contributed by atoms with Crippen molar-refractivity contribution in [2.75, 3.05) is 19.6 Å². The Labute approximate surface area is 189 Å². The number of nitrogens with zero attached hydrogens (tertiary/aromatic N) is 2. The molecule has 0 bridgehead atoms. The Hall–Kier alpha value is -1.48. The number of para-hydroxylation sites is 1. The van der Waals surface area contributed by atoms with Crippen LogP contribution in [0.25, 0.3) is 0 Å². The molecule has 8 heteroatoms. The number of hydrogen-bond donors (Lipinski definition) is 2. The van der Waals surface area contributed by atoms with E-state index in [0.29, 0.717) is 17.3 Å². The summed E-state index contributed by atoms with van der Waals surface area (Å²) < 4.78 is 11.2. The van der Waals surface area contributed by atoms with Gasteiger partial charge in [0.2, 0.25) is 0 Å². The van der Waals surface area contributed by atoms with Crippen LogP contribution in [-0.4, -0.2) is 36.9 Å². The molecule has 1 unspecified atom stereocenters. The smallest absolute Gasteiger partial charge is 0.191 e. The molecule has 0 aliphatic heterocycles. The lowest BCUT2D eigenvalue weighted by Gasteiger charge is -2.18. The third-order valence-corrected chi connectivity index (χ3v) is 4.54. The molecule has 156 valence electrons. The van der Waals surface area contributed by atoms with E-state index in [1.807, 2.05) is 45.0 Å². The quantitative estimate of drug-likeness (QED) is 0.289. The lowest BCUT2D eigenvalue weighted by Crippen LogP contribution is -2.39. The Balaban J connectivity index is 0.00000392. The Morgan fingerprint density at radius 2 is 2.00 bits per heavy atom. The van der Waals surface area contributed by atoms with Gasteiger partial charge in [-0.25, -0.2) is 4.99 Å². The molecule has 0 saturated carbocycles. The second-order valence-electron chi connectivity index (χ2n) is 6.28. The van der Waals surface area contributed by atoms with Gasteiger partial charge in [0.15, 0.2) is 5.96 Å². The van der Waals surface area contributed by atoms with E-state index in [2.05, 4.69) is 27.7 Å². The molecule has 0 fully saturated rings. The maximum atomic E-state index is 6.18. The normalized spacial score (nSPS) is 12.2. The Morgan fingerprint density at radius 1 is 1.25 bits per heavy atom. The molecule has 1 aromatic carbocycles. The molecule has 1 atom stereocenters. The van der Waals surface area contributed by atoms with Gasteiger partial charge in [0, 0.05) is 18.7 Å². The van der Waals surface area contributed by atoms with Crippen LogP contribution in [0.4, 0.5) is 0 Å². The van der Waals surface area contributed by atoms with Crippen LogP contribution < -0.4 is 15.4 Å². The largest absolute Gasteiger partial charge is 0.487 e. The number of ether oxygens (including phenoxy) is 1. The van der Waals surface area contributed by atoms with E-state index in [0.717, 1.165) is 48.9 Å². The van der Waals surface area contributed by atoms with Crippen LogP contribution in [0.2, 0.25) is 5.02 Å². The molecule has 0 radical (unpaired) electrons. The van der Waals surface area contributed by atoms with E-state index < -0.39 is 0 Å². The number of rotatable bonds is 9. The lowest BCUT2D eigenvalue weighted by atomic mass is 10.1. The van der Waals surface area contributed by atoms with Gasteiger partial charge in [0.05, 0.1) is 17.3 Å². The van der Waals surface area contributed by atoms with Crippen molar-refractivity contribution in [3.63, 3.8) is 0 Å². The van der Waals surface area contributed by atoms with Gasteiger partial charge in [0.1, 0.15) is 17.6 Å². The van der Waals surface area contributed by atoms with Crippen molar-refractivity contribution < 1.29 is 9.26 Å². The maximum absolute atomic E-state index is 6.18. The molecule has 2 rings (SSSR count). The Morgan fingerprint density at radius 3 is 2.61 bits per heavy atom. The predicted octanol–water partition coefficient (Wildman–Crippen LogP) is 4.52. The van der Waals surface area contributed by atoms with Crippen molar-refractivity contribution in [3.8, 4) is 5.75 Å². The average Bonchev–Trinajstić information content (AvgIpc) is 2.98. The van der Waals surface area contributed by atoms with Gasteiger partial charge in [-0.3, -0.25) is 0 Å². The standard InChI is InChI=1S/C20H29ClN4O2.HI/c1-5-16(26-19-10-8-7-9-18(19)21)13-24-20(22-6-2)23-12-11-17-14(3)25-27-15(17)4;/h7-10,16H,5-6,11-13H2,1-4H3,(H2,22,23,24);1H. The number of aryl methyl sites for hydroxylation is 2. The second-order valence-corrected chi connectivity index (χ2v) is 6.68. The minimum atomic E-state index is -0.0390. The van der Waals surface area contributed by atoms with E-state index in [-0.39, 0.29) is 30.1 Å². The predicted molar refractivity (Wildman–Crippen MR) is 125 cm³/mol. The molecule has 2 N–H and O–H groups in total. The monoisotopic (exact) mass is 520 g/mol. The molecule has 0 aliphatic rings. The summed E-state index contributed by atoms with van der Waals surface area (Å²) in [7, 11) is 0. The molecule has 0 aliphatic carbocycles. The molecule has 28 heavy (non-hydrogen) atoms. The number of hydrogen-bond acceptors (Lipinski definition) is 4. The van der Waals surface area contributed by atoms with Gasteiger partial charge in [-0.15, -0.1) is 24.0 Å². The van der Waals surface area contributed by atoms with Crippen LogP contribution in [0.3, 0.4) is 0 Å². The maximum Gasteiger partial charge on any atom is 0.191 e. The van der Waals surface area contributed by atoms with Gasteiger partial charge in [-0.05, 0) is 45.7 Å². The summed E-state index contributed by atoms with van der Waals surface area (Å²) in [5, 5.41) is 11.2.